The minimum absolute atomic E-state index is 0.840. The molecule has 2 nitrogen and oxygen atoms in total. The number of halogens is 1. The lowest BCUT2D eigenvalue weighted by Gasteiger charge is -2.17. The Balaban J connectivity index is 1.90. The van der Waals surface area contributed by atoms with Gasteiger partial charge >= 0.3 is 0 Å². The summed E-state index contributed by atoms with van der Waals surface area (Å²) < 4.78 is 0. The first-order valence-corrected chi connectivity index (χ1v) is 7.71. The first kappa shape index (κ1) is 16.0. The molecule has 0 atom stereocenters. The van der Waals surface area contributed by atoms with Crippen LogP contribution in [0, 0.1) is 0 Å². The van der Waals surface area contributed by atoms with Crippen LogP contribution in [-0.4, -0.2) is 25.5 Å². The first-order chi connectivity index (χ1) is 10.2. The van der Waals surface area contributed by atoms with E-state index in [9.17, 15) is 0 Å². The van der Waals surface area contributed by atoms with Gasteiger partial charge in [-0.1, -0.05) is 54.1 Å². The maximum Gasteiger partial charge on any atom is 0.0451 e. The number of likely N-dealkylation sites (N-methyl/N-ethyl adjacent to an activating group) is 1. The fourth-order valence-corrected chi connectivity index (χ4v) is 2.56. The lowest BCUT2D eigenvalue weighted by molar-refractivity contribution is 0.319. The molecule has 0 bridgehead atoms. The van der Waals surface area contributed by atoms with Crippen molar-refractivity contribution < 1.29 is 0 Å². The maximum absolute atomic E-state index is 6.21. The van der Waals surface area contributed by atoms with E-state index in [0.29, 0.717) is 0 Å². The third kappa shape index (κ3) is 5.16. The normalized spacial score (nSPS) is 11.0. The zero-order chi connectivity index (χ0) is 15.1. The second-order valence-corrected chi connectivity index (χ2v) is 5.84. The van der Waals surface area contributed by atoms with Crippen molar-refractivity contribution in [2.75, 3.05) is 20.6 Å². The summed E-state index contributed by atoms with van der Waals surface area (Å²) in [7, 11) is 4.11. The maximum atomic E-state index is 6.21. The van der Waals surface area contributed by atoms with Crippen LogP contribution in [0.25, 0.3) is 0 Å². The van der Waals surface area contributed by atoms with Gasteiger partial charge in [0, 0.05) is 18.1 Å². The molecule has 0 aliphatic heterocycles. The molecule has 0 saturated carbocycles. The molecule has 21 heavy (non-hydrogen) atoms. The van der Waals surface area contributed by atoms with Crippen molar-refractivity contribution in [2.45, 2.75) is 19.5 Å². The number of hydrogen-bond donors (Lipinski definition) is 1. The van der Waals surface area contributed by atoms with Crippen LogP contribution in [-0.2, 0) is 19.5 Å². The third-order valence-electron chi connectivity index (χ3n) is 3.54. The van der Waals surface area contributed by atoms with Crippen LogP contribution in [0.2, 0.25) is 5.02 Å². The summed E-state index contributed by atoms with van der Waals surface area (Å²) in [5.74, 6) is 0. The summed E-state index contributed by atoms with van der Waals surface area (Å²) in [4.78, 5) is 2.28. The molecular formula is C18H23ClN2. The van der Waals surface area contributed by atoms with Crippen LogP contribution >= 0.6 is 11.6 Å². The average Bonchev–Trinajstić information content (AvgIpc) is 2.49. The van der Waals surface area contributed by atoms with E-state index in [1.54, 1.807) is 0 Å². The van der Waals surface area contributed by atoms with Gasteiger partial charge in [0.1, 0.15) is 0 Å². The number of rotatable bonds is 7. The third-order valence-corrected chi connectivity index (χ3v) is 3.91. The second-order valence-electron chi connectivity index (χ2n) is 5.43. The van der Waals surface area contributed by atoms with Gasteiger partial charge < -0.3 is 5.32 Å². The molecule has 2 aromatic rings. The Labute approximate surface area is 132 Å². The van der Waals surface area contributed by atoms with E-state index >= 15 is 0 Å². The van der Waals surface area contributed by atoms with E-state index in [-0.39, 0.29) is 0 Å². The zero-order valence-corrected chi connectivity index (χ0v) is 13.5. The van der Waals surface area contributed by atoms with Crippen LogP contribution in [0.1, 0.15) is 16.7 Å². The lowest BCUT2D eigenvalue weighted by atomic mass is 10.1. The molecular weight excluding hydrogens is 280 g/mol. The molecule has 0 amide bonds. The predicted octanol–water partition coefficient (Wildman–Crippen LogP) is 3.73. The highest BCUT2D eigenvalue weighted by atomic mass is 35.5. The molecule has 0 fully saturated rings. The van der Waals surface area contributed by atoms with Gasteiger partial charge in [0.25, 0.3) is 0 Å². The highest BCUT2D eigenvalue weighted by molar-refractivity contribution is 6.31. The Morgan fingerprint density at radius 2 is 1.62 bits per heavy atom. The van der Waals surface area contributed by atoms with Gasteiger partial charge in [-0.3, -0.25) is 4.90 Å². The van der Waals surface area contributed by atoms with E-state index < -0.39 is 0 Å². The van der Waals surface area contributed by atoms with E-state index in [2.05, 4.69) is 47.6 Å². The molecule has 0 aliphatic rings. The molecule has 1 N–H and O–H groups in total. The SMILES string of the molecule is CNCCc1ccc(CN(C)Cc2ccccc2Cl)cc1. The Morgan fingerprint density at radius 3 is 2.29 bits per heavy atom. The highest BCUT2D eigenvalue weighted by Gasteiger charge is 2.05. The quantitative estimate of drug-likeness (QED) is 0.838. The molecule has 0 radical (unpaired) electrons. The van der Waals surface area contributed by atoms with Crippen LogP contribution in [0.4, 0.5) is 0 Å². The topological polar surface area (TPSA) is 15.3 Å². The van der Waals surface area contributed by atoms with Gasteiger partial charge in [-0.05, 0) is 49.8 Å². The zero-order valence-electron chi connectivity index (χ0n) is 12.8. The molecule has 3 heteroatoms. The minimum Gasteiger partial charge on any atom is -0.319 e. The molecule has 0 heterocycles. The lowest BCUT2D eigenvalue weighted by Crippen LogP contribution is -2.17. The number of hydrogen-bond acceptors (Lipinski definition) is 2. The molecule has 112 valence electrons. The number of nitrogens with zero attached hydrogens (tertiary/aromatic N) is 1. The van der Waals surface area contributed by atoms with Crippen molar-refractivity contribution in [2.24, 2.45) is 0 Å². The van der Waals surface area contributed by atoms with Crippen LogP contribution in [0.5, 0.6) is 0 Å². The van der Waals surface area contributed by atoms with Crippen LogP contribution in [0.15, 0.2) is 48.5 Å². The van der Waals surface area contributed by atoms with E-state index in [0.717, 1.165) is 31.1 Å². The molecule has 0 aliphatic carbocycles. The first-order valence-electron chi connectivity index (χ1n) is 7.33. The van der Waals surface area contributed by atoms with Crippen LogP contribution < -0.4 is 5.32 Å². The number of benzene rings is 2. The molecule has 0 saturated heterocycles. The summed E-state index contributed by atoms with van der Waals surface area (Å²) in [5, 5.41) is 4.01. The summed E-state index contributed by atoms with van der Waals surface area (Å²) >= 11 is 6.21. The predicted molar refractivity (Wildman–Crippen MR) is 90.7 cm³/mol. The van der Waals surface area contributed by atoms with E-state index in [1.807, 2.05) is 25.2 Å². The second kappa shape index (κ2) is 8.18. The molecule has 2 aromatic carbocycles. The van der Waals surface area contributed by atoms with Gasteiger partial charge in [0.15, 0.2) is 0 Å². The van der Waals surface area contributed by atoms with Gasteiger partial charge in [0.05, 0.1) is 0 Å². The minimum atomic E-state index is 0.840. The summed E-state index contributed by atoms with van der Waals surface area (Å²) in [6.07, 6.45) is 1.08. The molecule has 0 aromatic heterocycles. The molecule has 0 spiro atoms. The van der Waals surface area contributed by atoms with Crippen molar-refractivity contribution in [3.05, 3.63) is 70.2 Å². The Hall–Kier alpha value is -1.35. The van der Waals surface area contributed by atoms with E-state index in [4.69, 9.17) is 11.6 Å². The molecule has 0 unspecified atom stereocenters. The summed E-state index contributed by atoms with van der Waals surface area (Å²) in [5.41, 5.74) is 3.88. The Kier molecular flexibility index (Phi) is 6.24. The van der Waals surface area contributed by atoms with Crippen molar-refractivity contribution in [3.63, 3.8) is 0 Å². The fourth-order valence-electron chi connectivity index (χ4n) is 2.37. The smallest absolute Gasteiger partial charge is 0.0451 e. The van der Waals surface area contributed by atoms with Gasteiger partial charge in [-0.2, -0.15) is 0 Å². The van der Waals surface area contributed by atoms with Crippen LogP contribution in [0.3, 0.4) is 0 Å². The standard InChI is InChI=1S/C18H23ClN2/c1-20-12-11-15-7-9-16(10-8-15)13-21(2)14-17-5-3-4-6-18(17)19/h3-10,20H,11-14H2,1-2H3. The molecule has 2 rings (SSSR count). The summed E-state index contributed by atoms with van der Waals surface area (Å²) in [6.45, 7) is 2.81. The van der Waals surface area contributed by atoms with Crippen molar-refractivity contribution in [3.8, 4) is 0 Å². The van der Waals surface area contributed by atoms with Crippen molar-refractivity contribution in [1.29, 1.82) is 0 Å². The number of nitrogens with one attached hydrogen (secondary N) is 1. The van der Waals surface area contributed by atoms with Gasteiger partial charge in [0.2, 0.25) is 0 Å². The Morgan fingerprint density at radius 1 is 0.952 bits per heavy atom. The summed E-state index contributed by atoms with van der Waals surface area (Å²) in [6, 6.07) is 16.9. The van der Waals surface area contributed by atoms with Gasteiger partial charge in [-0.15, -0.1) is 0 Å². The van der Waals surface area contributed by atoms with Gasteiger partial charge in [-0.25, -0.2) is 0 Å². The largest absolute Gasteiger partial charge is 0.319 e. The van der Waals surface area contributed by atoms with E-state index in [1.165, 1.54) is 16.7 Å². The average molecular weight is 303 g/mol. The van der Waals surface area contributed by atoms with Crippen molar-refractivity contribution in [1.82, 2.24) is 10.2 Å². The fraction of sp³-hybridized carbons (Fsp3) is 0.333. The highest BCUT2D eigenvalue weighted by Crippen LogP contribution is 2.17. The van der Waals surface area contributed by atoms with Crippen molar-refractivity contribution >= 4 is 11.6 Å². The Bertz CT molecular complexity index is 551. The monoisotopic (exact) mass is 302 g/mol.